The number of ether oxygens (including phenoxy) is 3. The highest BCUT2D eigenvalue weighted by atomic mass is 16.6. The highest BCUT2D eigenvalue weighted by Gasteiger charge is 2.28. The molecule has 3 rings (SSSR count). The number of fused-ring (bicyclic) bond motifs is 2. The number of esters is 1. The Bertz CT molecular complexity index is 1300. The van der Waals surface area contributed by atoms with Crippen LogP contribution in [0.3, 0.4) is 0 Å². The summed E-state index contributed by atoms with van der Waals surface area (Å²) in [5, 5.41) is 3.95. The van der Waals surface area contributed by atoms with Crippen LogP contribution < -0.4 is 0 Å². The number of carbonyl (C=O) groups is 2. The number of allylic oxidation sites excluding steroid dienone is 2. The first-order valence-corrected chi connectivity index (χ1v) is 17.5. The lowest BCUT2D eigenvalue weighted by atomic mass is 9.93. The van der Waals surface area contributed by atoms with Crippen molar-refractivity contribution in [3.05, 3.63) is 72.3 Å². The third-order valence-corrected chi connectivity index (χ3v) is 8.91. The molecule has 0 aliphatic carbocycles. The van der Waals surface area contributed by atoms with E-state index in [1.54, 1.807) is 19.1 Å². The van der Waals surface area contributed by atoms with E-state index in [0.717, 1.165) is 33.5 Å². The Kier molecular flexibility index (Phi) is 17.4. The third-order valence-electron chi connectivity index (χ3n) is 8.91. The number of amides is 1. The minimum absolute atomic E-state index is 0.000724. The minimum atomic E-state index is -0.911. The van der Waals surface area contributed by atoms with Crippen molar-refractivity contribution >= 4 is 33.4 Å². The number of hydrogen-bond donors (Lipinski definition) is 0. The fraction of sp³-hybridized carbons (Fsp3) is 0.550. The van der Waals surface area contributed by atoms with Crippen LogP contribution in [0.1, 0.15) is 108 Å². The fourth-order valence-electron chi connectivity index (χ4n) is 6.13. The molecule has 46 heavy (non-hydrogen) atoms. The van der Waals surface area contributed by atoms with Gasteiger partial charge in [-0.1, -0.05) is 132 Å². The molecule has 3 aromatic rings. The van der Waals surface area contributed by atoms with Gasteiger partial charge in [0, 0.05) is 33.3 Å². The second kappa shape index (κ2) is 21.6. The van der Waals surface area contributed by atoms with Crippen LogP contribution in [0.2, 0.25) is 0 Å². The lowest BCUT2D eigenvalue weighted by Gasteiger charge is -2.28. The van der Waals surface area contributed by atoms with Crippen LogP contribution in [0.25, 0.3) is 21.5 Å². The Labute approximate surface area is 277 Å². The van der Waals surface area contributed by atoms with Gasteiger partial charge in [0.05, 0.1) is 12.6 Å². The zero-order valence-electron chi connectivity index (χ0n) is 28.8. The maximum absolute atomic E-state index is 13.5. The molecular formula is C40H57NO5. The summed E-state index contributed by atoms with van der Waals surface area (Å²) in [5.74, 6) is -0.489. The molecule has 0 aliphatic rings. The zero-order valence-corrected chi connectivity index (χ0v) is 28.8. The van der Waals surface area contributed by atoms with Gasteiger partial charge in [0.2, 0.25) is 5.91 Å². The number of rotatable bonds is 23. The quantitative estimate of drug-likeness (QED) is 0.0451. The molecule has 6 nitrogen and oxygen atoms in total. The van der Waals surface area contributed by atoms with E-state index in [0.29, 0.717) is 12.8 Å². The van der Waals surface area contributed by atoms with E-state index in [4.69, 9.17) is 14.2 Å². The van der Waals surface area contributed by atoms with Crippen molar-refractivity contribution in [2.75, 3.05) is 34.5 Å². The standard InChI is InChI=1S/C40H57NO5/c1-5-6-7-8-9-10-11-12-13-14-15-16-17-18-19-28-37(42)41(2)34(30-44-3)31-46-40(43)39(45-4)38-35-26-22-20-24-32(35)29-33-25-21-23-27-36(33)38/h17-18,20-27,29,34,39H,5-16,19,28,30-31H2,1-4H3/b18-17+/t34-,39-/m0/s1. The molecule has 0 aliphatic heterocycles. The van der Waals surface area contributed by atoms with Crippen LogP contribution in [0.4, 0.5) is 0 Å². The van der Waals surface area contributed by atoms with Gasteiger partial charge in [-0.15, -0.1) is 0 Å². The molecule has 6 heteroatoms. The average Bonchev–Trinajstić information content (AvgIpc) is 3.07. The molecule has 0 unspecified atom stereocenters. The second-order valence-electron chi connectivity index (χ2n) is 12.4. The van der Waals surface area contributed by atoms with E-state index in [9.17, 15) is 9.59 Å². The molecule has 0 saturated carbocycles. The number of carbonyl (C=O) groups excluding carboxylic acids is 2. The molecule has 0 N–H and O–H groups in total. The number of likely N-dealkylation sites (N-methyl/N-ethyl adjacent to an activating group) is 1. The number of nitrogens with zero attached hydrogens (tertiary/aromatic N) is 1. The van der Waals surface area contributed by atoms with Gasteiger partial charge < -0.3 is 19.1 Å². The summed E-state index contributed by atoms with van der Waals surface area (Å²) in [6.45, 7) is 2.55. The molecule has 0 bridgehead atoms. The van der Waals surface area contributed by atoms with Crippen LogP contribution in [0.15, 0.2) is 66.7 Å². The molecule has 252 valence electrons. The average molecular weight is 632 g/mol. The van der Waals surface area contributed by atoms with Gasteiger partial charge in [-0.05, 0) is 46.9 Å². The summed E-state index contributed by atoms with van der Waals surface area (Å²) < 4.78 is 17.0. The molecule has 0 fully saturated rings. The minimum Gasteiger partial charge on any atom is -0.461 e. The predicted octanol–water partition coefficient (Wildman–Crippen LogP) is 9.73. The maximum Gasteiger partial charge on any atom is 0.340 e. The molecule has 1 amide bonds. The summed E-state index contributed by atoms with van der Waals surface area (Å²) in [4.78, 5) is 28.1. The van der Waals surface area contributed by atoms with E-state index >= 15 is 0 Å². The van der Waals surface area contributed by atoms with E-state index in [1.165, 1.54) is 77.7 Å². The van der Waals surface area contributed by atoms with Gasteiger partial charge in [0.1, 0.15) is 6.61 Å². The van der Waals surface area contributed by atoms with Crippen molar-refractivity contribution in [2.24, 2.45) is 0 Å². The smallest absolute Gasteiger partial charge is 0.340 e. The van der Waals surface area contributed by atoms with Crippen molar-refractivity contribution in [2.45, 2.75) is 109 Å². The Morgan fingerprint density at radius 2 is 1.28 bits per heavy atom. The van der Waals surface area contributed by atoms with Gasteiger partial charge in [-0.2, -0.15) is 0 Å². The Morgan fingerprint density at radius 3 is 1.85 bits per heavy atom. The summed E-state index contributed by atoms with van der Waals surface area (Å²) >= 11 is 0. The van der Waals surface area contributed by atoms with Crippen molar-refractivity contribution in [1.82, 2.24) is 4.90 Å². The molecule has 0 saturated heterocycles. The van der Waals surface area contributed by atoms with Gasteiger partial charge >= 0.3 is 5.97 Å². The van der Waals surface area contributed by atoms with Gasteiger partial charge in [0.15, 0.2) is 6.10 Å². The Morgan fingerprint density at radius 1 is 0.739 bits per heavy atom. The zero-order chi connectivity index (χ0) is 33.0. The third kappa shape index (κ3) is 11.9. The van der Waals surface area contributed by atoms with Crippen LogP contribution in [0.5, 0.6) is 0 Å². The molecule has 2 atom stereocenters. The largest absolute Gasteiger partial charge is 0.461 e. The van der Waals surface area contributed by atoms with Crippen molar-refractivity contribution in [3.63, 3.8) is 0 Å². The van der Waals surface area contributed by atoms with Crippen molar-refractivity contribution in [1.29, 1.82) is 0 Å². The SMILES string of the molecule is CCCCCCCCCCCCC/C=C/CCC(=O)N(C)[C@@H](COC)COC(=O)[C@@H](OC)c1c2ccccc2cc2ccccc12. The maximum atomic E-state index is 13.5. The van der Waals surface area contributed by atoms with Gasteiger partial charge in [-0.25, -0.2) is 4.79 Å². The normalized spacial score (nSPS) is 13.0. The second-order valence-corrected chi connectivity index (χ2v) is 12.4. The molecule has 3 aromatic carbocycles. The van der Waals surface area contributed by atoms with Gasteiger partial charge in [0.25, 0.3) is 0 Å². The highest BCUT2D eigenvalue weighted by molar-refractivity contribution is 6.05. The fourth-order valence-corrected chi connectivity index (χ4v) is 6.13. The lowest BCUT2D eigenvalue weighted by Crippen LogP contribution is -2.43. The summed E-state index contributed by atoms with van der Waals surface area (Å²) in [5.41, 5.74) is 0.786. The van der Waals surface area contributed by atoms with E-state index in [-0.39, 0.29) is 19.1 Å². The molecular weight excluding hydrogens is 574 g/mol. The van der Waals surface area contributed by atoms with Crippen LogP contribution in [-0.2, 0) is 23.8 Å². The molecule has 0 spiro atoms. The van der Waals surface area contributed by atoms with Crippen LogP contribution >= 0.6 is 0 Å². The lowest BCUT2D eigenvalue weighted by molar-refractivity contribution is -0.159. The molecule has 0 heterocycles. The van der Waals surface area contributed by atoms with Crippen LogP contribution in [-0.4, -0.2) is 57.3 Å². The van der Waals surface area contributed by atoms with E-state index < -0.39 is 18.1 Å². The highest BCUT2D eigenvalue weighted by Crippen LogP contribution is 2.35. The topological polar surface area (TPSA) is 65.1 Å². The Balaban J connectivity index is 1.43. The summed E-state index contributed by atoms with van der Waals surface area (Å²) in [6, 6.07) is 17.7. The molecule has 0 radical (unpaired) electrons. The van der Waals surface area contributed by atoms with Crippen molar-refractivity contribution in [3.8, 4) is 0 Å². The first-order chi connectivity index (χ1) is 22.5. The number of unbranched alkanes of at least 4 members (excludes halogenated alkanes) is 11. The van der Waals surface area contributed by atoms with Crippen molar-refractivity contribution < 1.29 is 23.8 Å². The van der Waals surface area contributed by atoms with Gasteiger partial charge in [-0.3, -0.25) is 4.79 Å². The Hall–Kier alpha value is -3.22. The predicted molar refractivity (Wildman–Crippen MR) is 190 cm³/mol. The number of methoxy groups -OCH3 is 2. The van der Waals surface area contributed by atoms with E-state index in [2.05, 4.69) is 25.1 Å². The summed E-state index contributed by atoms with van der Waals surface area (Å²) in [7, 11) is 4.86. The first kappa shape index (κ1) is 37.2. The first-order valence-electron chi connectivity index (χ1n) is 17.5. The summed E-state index contributed by atoms with van der Waals surface area (Å²) in [6.07, 6.45) is 20.4. The van der Waals surface area contributed by atoms with E-state index in [1.807, 2.05) is 48.5 Å². The number of benzene rings is 3. The van der Waals surface area contributed by atoms with Crippen LogP contribution in [0, 0.1) is 0 Å². The monoisotopic (exact) mass is 631 g/mol. The molecule has 0 aromatic heterocycles. The number of hydrogen-bond acceptors (Lipinski definition) is 5.